The number of aryl methyl sites for hydroxylation is 1. The van der Waals surface area contributed by atoms with Crippen LogP contribution in [-0.2, 0) is 16.0 Å². The molecule has 0 unspecified atom stereocenters. The lowest BCUT2D eigenvalue weighted by Gasteiger charge is -2.18. The van der Waals surface area contributed by atoms with Crippen molar-refractivity contribution >= 4 is 35.3 Å². The van der Waals surface area contributed by atoms with Crippen LogP contribution < -0.4 is 15.5 Å². The summed E-state index contributed by atoms with van der Waals surface area (Å²) in [5.41, 5.74) is 2.61. The summed E-state index contributed by atoms with van der Waals surface area (Å²) >= 11 is 0. The summed E-state index contributed by atoms with van der Waals surface area (Å²) in [6.45, 7) is 3.21. The van der Waals surface area contributed by atoms with E-state index < -0.39 is 24.4 Å². The number of rotatable bonds is 6. The fourth-order valence-electron chi connectivity index (χ4n) is 3.99. The van der Waals surface area contributed by atoms with Gasteiger partial charge in [-0.3, -0.25) is 9.59 Å². The molecule has 0 radical (unpaired) electrons. The van der Waals surface area contributed by atoms with Crippen molar-refractivity contribution in [2.24, 2.45) is 0 Å². The first-order valence-corrected chi connectivity index (χ1v) is 10.7. The Morgan fingerprint density at radius 1 is 1.16 bits per heavy atom. The number of nitrogens with one attached hydrogen (secondary N) is 2. The van der Waals surface area contributed by atoms with Gasteiger partial charge in [-0.1, -0.05) is 31.2 Å². The van der Waals surface area contributed by atoms with Crippen LogP contribution in [0.25, 0.3) is 6.08 Å². The topological polar surface area (TPSA) is 81.8 Å². The van der Waals surface area contributed by atoms with Crippen LogP contribution >= 0.6 is 0 Å². The second kappa shape index (κ2) is 9.21. The molecule has 7 nitrogen and oxygen atoms in total. The van der Waals surface area contributed by atoms with Crippen molar-refractivity contribution in [1.82, 2.24) is 10.2 Å². The monoisotopic (exact) mass is 436 g/mol. The average molecular weight is 436 g/mol. The largest absolute Gasteiger partial charge is 0.369 e. The molecule has 4 amide bonds. The number of carbonyl (C=O) groups excluding carboxylic acids is 3. The highest BCUT2D eigenvalue weighted by Crippen LogP contribution is 2.25. The van der Waals surface area contributed by atoms with Gasteiger partial charge < -0.3 is 15.5 Å². The van der Waals surface area contributed by atoms with E-state index in [-0.39, 0.29) is 11.5 Å². The van der Waals surface area contributed by atoms with Crippen molar-refractivity contribution in [2.75, 3.05) is 29.9 Å². The van der Waals surface area contributed by atoms with E-state index in [1.54, 1.807) is 24.3 Å². The summed E-state index contributed by atoms with van der Waals surface area (Å²) in [4.78, 5) is 40.2. The first-order chi connectivity index (χ1) is 15.5. The molecular formula is C24H25FN4O3. The molecule has 2 aromatic rings. The van der Waals surface area contributed by atoms with E-state index in [1.165, 1.54) is 12.1 Å². The predicted octanol–water partition coefficient (Wildman–Crippen LogP) is 3.52. The van der Waals surface area contributed by atoms with Crippen LogP contribution in [0, 0.1) is 5.82 Å². The highest BCUT2D eigenvalue weighted by Gasteiger charge is 2.35. The fourth-order valence-corrected chi connectivity index (χ4v) is 3.99. The van der Waals surface area contributed by atoms with Crippen molar-refractivity contribution in [2.45, 2.75) is 26.2 Å². The number of anilines is 2. The quantitative estimate of drug-likeness (QED) is 0.536. The Hall–Kier alpha value is -3.68. The molecule has 4 rings (SSSR count). The SMILES string of the molecule is CCc1ccccc1NC(=O)CN1C(=O)N/C(=C/c2ccc(N3CCCC3)c(F)c2)C1=O. The lowest BCUT2D eigenvalue weighted by atomic mass is 10.1. The number of para-hydroxylation sites is 1. The molecule has 2 heterocycles. The van der Waals surface area contributed by atoms with Gasteiger partial charge in [0.05, 0.1) is 5.69 Å². The van der Waals surface area contributed by atoms with Crippen LogP contribution in [0.2, 0.25) is 0 Å². The zero-order valence-corrected chi connectivity index (χ0v) is 17.9. The molecule has 166 valence electrons. The number of nitrogens with zero attached hydrogens (tertiary/aromatic N) is 2. The normalized spacial score (nSPS) is 17.2. The highest BCUT2D eigenvalue weighted by molar-refractivity contribution is 6.16. The smallest absolute Gasteiger partial charge is 0.329 e. The standard InChI is InChI=1S/C24H25FN4O3/c1-2-17-7-3-4-8-19(17)26-22(30)15-29-23(31)20(27-24(29)32)14-16-9-10-21(18(25)13-16)28-11-5-6-12-28/h3-4,7-10,13-14H,2,5-6,11-12,15H2,1H3,(H,26,30)(H,27,32)/b20-14+. The molecule has 2 saturated heterocycles. The zero-order chi connectivity index (χ0) is 22.7. The second-order valence-electron chi connectivity index (χ2n) is 7.84. The van der Waals surface area contributed by atoms with Crippen molar-refractivity contribution in [3.8, 4) is 0 Å². The van der Waals surface area contributed by atoms with Gasteiger partial charge in [-0.05, 0) is 54.7 Å². The van der Waals surface area contributed by atoms with Gasteiger partial charge in [0.2, 0.25) is 5.91 Å². The number of benzene rings is 2. The Balaban J connectivity index is 1.45. The van der Waals surface area contributed by atoms with Gasteiger partial charge in [0, 0.05) is 18.8 Å². The molecule has 0 atom stereocenters. The third-order valence-corrected chi connectivity index (χ3v) is 5.67. The highest BCUT2D eigenvalue weighted by atomic mass is 19.1. The summed E-state index contributed by atoms with van der Waals surface area (Å²) in [5.74, 6) is -1.47. The Kier molecular flexibility index (Phi) is 6.20. The number of urea groups is 1. The van der Waals surface area contributed by atoms with Gasteiger partial charge in [0.1, 0.15) is 18.1 Å². The van der Waals surface area contributed by atoms with E-state index in [1.807, 2.05) is 24.0 Å². The van der Waals surface area contributed by atoms with E-state index >= 15 is 0 Å². The number of amides is 4. The molecule has 2 N–H and O–H groups in total. The van der Waals surface area contributed by atoms with Crippen LogP contribution in [-0.4, -0.2) is 42.4 Å². The van der Waals surface area contributed by atoms with Crippen molar-refractivity contribution in [3.05, 3.63) is 65.1 Å². The molecule has 2 aliphatic rings. The number of carbonyl (C=O) groups is 3. The molecule has 0 bridgehead atoms. The molecule has 0 spiro atoms. The molecule has 2 fully saturated rings. The van der Waals surface area contributed by atoms with Crippen molar-refractivity contribution in [3.63, 3.8) is 0 Å². The molecule has 32 heavy (non-hydrogen) atoms. The number of hydrogen-bond acceptors (Lipinski definition) is 4. The first kappa shape index (κ1) is 21.5. The third-order valence-electron chi connectivity index (χ3n) is 5.67. The summed E-state index contributed by atoms with van der Waals surface area (Å²) in [5, 5.41) is 5.22. The maximum Gasteiger partial charge on any atom is 0.329 e. The molecule has 2 aliphatic heterocycles. The van der Waals surface area contributed by atoms with Crippen LogP contribution in [0.3, 0.4) is 0 Å². The van der Waals surface area contributed by atoms with Crippen LogP contribution in [0.1, 0.15) is 30.9 Å². The molecule has 0 saturated carbocycles. The van der Waals surface area contributed by atoms with Gasteiger partial charge in [0.25, 0.3) is 5.91 Å². The maximum atomic E-state index is 14.6. The lowest BCUT2D eigenvalue weighted by molar-refractivity contribution is -0.127. The average Bonchev–Trinajstić information content (AvgIpc) is 3.39. The fraction of sp³-hybridized carbons (Fsp3) is 0.292. The minimum Gasteiger partial charge on any atom is -0.369 e. The van der Waals surface area contributed by atoms with Crippen LogP contribution in [0.4, 0.5) is 20.6 Å². The zero-order valence-electron chi connectivity index (χ0n) is 17.9. The summed E-state index contributed by atoms with van der Waals surface area (Å²) in [7, 11) is 0. The molecular weight excluding hydrogens is 411 g/mol. The Bertz CT molecular complexity index is 1090. The molecule has 2 aromatic carbocycles. The number of halogens is 1. The second-order valence-corrected chi connectivity index (χ2v) is 7.84. The molecule has 0 aliphatic carbocycles. The van der Waals surface area contributed by atoms with Crippen LogP contribution in [0.5, 0.6) is 0 Å². The molecule has 0 aromatic heterocycles. The Labute approximate surface area is 185 Å². The number of hydrogen-bond donors (Lipinski definition) is 2. The van der Waals surface area contributed by atoms with Crippen molar-refractivity contribution < 1.29 is 18.8 Å². The van der Waals surface area contributed by atoms with Crippen LogP contribution in [0.15, 0.2) is 48.2 Å². The van der Waals surface area contributed by atoms with Crippen molar-refractivity contribution in [1.29, 1.82) is 0 Å². The lowest BCUT2D eigenvalue weighted by Crippen LogP contribution is -2.38. The number of imide groups is 1. The summed E-state index contributed by atoms with van der Waals surface area (Å²) in [6.07, 6.45) is 4.24. The summed E-state index contributed by atoms with van der Waals surface area (Å²) < 4.78 is 14.6. The first-order valence-electron chi connectivity index (χ1n) is 10.7. The van der Waals surface area contributed by atoms with E-state index in [0.717, 1.165) is 42.8 Å². The van der Waals surface area contributed by atoms with Gasteiger partial charge in [-0.25, -0.2) is 14.1 Å². The van der Waals surface area contributed by atoms with Gasteiger partial charge in [-0.2, -0.15) is 0 Å². The van der Waals surface area contributed by atoms with Gasteiger partial charge in [-0.15, -0.1) is 0 Å². The van der Waals surface area contributed by atoms with E-state index in [4.69, 9.17) is 0 Å². The van der Waals surface area contributed by atoms with E-state index in [2.05, 4.69) is 10.6 Å². The summed E-state index contributed by atoms with van der Waals surface area (Å²) in [6, 6.07) is 11.4. The Morgan fingerprint density at radius 2 is 1.91 bits per heavy atom. The van der Waals surface area contributed by atoms with Gasteiger partial charge in [0.15, 0.2) is 0 Å². The van der Waals surface area contributed by atoms with E-state index in [0.29, 0.717) is 16.9 Å². The van der Waals surface area contributed by atoms with E-state index in [9.17, 15) is 18.8 Å². The minimum atomic E-state index is -0.686. The Morgan fingerprint density at radius 3 is 2.62 bits per heavy atom. The predicted molar refractivity (Wildman–Crippen MR) is 121 cm³/mol. The van der Waals surface area contributed by atoms with Gasteiger partial charge >= 0.3 is 6.03 Å². The molecule has 8 heteroatoms. The maximum absolute atomic E-state index is 14.6. The third kappa shape index (κ3) is 4.49. The minimum absolute atomic E-state index is 0.00470.